The molecule has 1 atom stereocenters. The number of carbonyl (C=O) groups excluding carboxylic acids is 1. The zero-order valence-electron chi connectivity index (χ0n) is 19.6. The Hall–Kier alpha value is -3.66. The molecule has 2 aromatic heterocycles. The molecule has 5 rings (SSSR count). The summed E-state index contributed by atoms with van der Waals surface area (Å²) in [7, 11) is 3.41. The third kappa shape index (κ3) is 3.68. The Morgan fingerprint density at radius 2 is 1.94 bits per heavy atom. The van der Waals surface area contributed by atoms with Gasteiger partial charge in [0.05, 0.1) is 46.4 Å². The molecule has 1 amide bonds. The van der Waals surface area contributed by atoms with Crippen LogP contribution in [0.25, 0.3) is 21.8 Å². The highest BCUT2D eigenvalue weighted by Gasteiger charge is 2.39. The standard InChI is InChI=1S/C25H24F3N5O2/c1-24(2)18-10-14(25(26,27)28)6-7-15(18)20(12-35-24)32(3)23(34)13-5-8-19-16(9-13)21-17(22(29)31-19)11-30-33(21)4/h5-11,20H,12H2,1-4H3,(H2,29,31)/t20-/m0/s1. The number of hydrogen-bond donors (Lipinski definition) is 1. The maximum absolute atomic E-state index is 13.5. The summed E-state index contributed by atoms with van der Waals surface area (Å²) in [5.41, 5.74) is 7.24. The zero-order valence-corrected chi connectivity index (χ0v) is 19.6. The third-order valence-electron chi connectivity index (χ3n) is 6.73. The summed E-state index contributed by atoms with van der Waals surface area (Å²) in [4.78, 5) is 19.5. The van der Waals surface area contributed by atoms with E-state index in [9.17, 15) is 18.0 Å². The van der Waals surface area contributed by atoms with Gasteiger partial charge in [-0.25, -0.2) is 4.98 Å². The number of nitrogen functional groups attached to an aromatic ring is 1. The first-order valence-corrected chi connectivity index (χ1v) is 11.0. The van der Waals surface area contributed by atoms with Crippen LogP contribution in [0.3, 0.4) is 0 Å². The topological polar surface area (TPSA) is 86.3 Å². The molecular weight excluding hydrogens is 459 g/mol. The van der Waals surface area contributed by atoms with Crippen LogP contribution in [0.1, 0.15) is 46.9 Å². The van der Waals surface area contributed by atoms with Crippen molar-refractivity contribution in [2.75, 3.05) is 19.4 Å². The molecule has 0 saturated carbocycles. The van der Waals surface area contributed by atoms with Crippen LogP contribution in [0, 0.1) is 0 Å². The molecule has 7 nitrogen and oxygen atoms in total. The van der Waals surface area contributed by atoms with Crippen LogP contribution in [-0.4, -0.2) is 39.2 Å². The van der Waals surface area contributed by atoms with Crippen molar-refractivity contribution in [3.63, 3.8) is 0 Å². The molecule has 3 heterocycles. The van der Waals surface area contributed by atoms with Crippen molar-refractivity contribution in [2.24, 2.45) is 7.05 Å². The predicted molar refractivity (Wildman–Crippen MR) is 126 cm³/mol. The number of anilines is 1. The van der Waals surface area contributed by atoms with Gasteiger partial charge in [0.25, 0.3) is 5.91 Å². The normalized spacial score (nSPS) is 17.5. The number of pyridine rings is 1. The number of rotatable bonds is 2. The number of aryl methyl sites for hydroxylation is 1. The monoisotopic (exact) mass is 483 g/mol. The van der Waals surface area contributed by atoms with Gasteiger partial charge in [-0.2, -0.15) is 18.3 Å². The Morgan fingerprint density at radius 1 is 1.20 bits per heavy atom. The lowest BCUT2D eigenvalue weighted by molar-refractivity contribution is -0.138. The number of carbonyl (C=O) groups is 1. The highest BCUT2D eigenvalue weighted by molar-refractivity contribution is 6.10. The first kappa shape index (κ1) is 23.1. The van der Waals surface area contributed by atoms with E-state index in [2.05, 4.69) is 10.1 Å². The van der Waals surface area contributed by atoms with Gasteiger partial charge in [-0.15, -0.1) is 0 Å². The SMILES string of the molecule is CN(C(=O)c1ccc2nc(N)c3cnn(C)c3c2c1)[C@H]1COC(C)(C)c2cc(C(F)(F)F)ccc21. The van der Waals surface area contributed by atoms with E-state index < -0.39 is 23.4 Å². The molecule has 10 heteroatoms. The third-order valence-corrected chi connectivity index (χ3v) is 6.73. The van der Waals surface area contributed by atoms with E-state index in [0.717, 1.165) is 23.0 Å². The largest absolute Gasteiger partial charge is 0.416 e. The number of fused-ring (bicyclic) bond motifs is 4. The Balaban J connectivity index is 1.55. The van der Waals surface area contributed by atoms with Crippen LogP contribution in [0.15, 0.2) is 42.6 Å². The minimum atomic E-state index is -4.47. The summed E-state index contributed by atoms with van der Waals surface area (Å²) in [6.45, 7) is 3.61. The second kappa shape index (κ2) is 7.67. The molecular formula is C25H24F3N5O2. The fourth-order valence-electron chi connectivity index (χ4n) is 4.76. The number of ether oxygens (including phenoxy) is 1. The van der Waals surface area contributed by atoms with E-state index in [0.29, 0.717) is 33.4 Å². The van der Waals surface area contributed by atoms with Gasteiger partial charge in [0.15, 0.2) is 0 Å². The number of likely N-dealkylation sites (N-methyl/N-ethyl adjacent to an activating group) is 1. The van der Waals surface area contributed by atoms with Gasteiger partial charge in [0.1, 0.15) is 5.82 Å². The maximum Gasteiger partial charge on any atom is 0.416 e. The van der Waals surface area contributed by atoms with Crippen molar-refractivity contribution in [2.45, 2.75) is 31.7 Å². The maximum atomic E-state index is 13.5. The highest BCUT2D eigenvalue weighted by atomic mass is 19.4. The summed E-state index contributed by atoms with van der Waals surface area (Å²) in [5.74, 6) is 0.0618. The van der Waals surface area contributed by atoms with Crippen LogP contribution in [0.4, 0.5) is 19.0 Å². The number of hydrogen-bond acceptors (Lipinski definition) is 5. The molecule has 0 unspecified atom stereocenters. The van der Waals surface area contributed by atoms with Gasteiger partial charge in [0, 0.05) is 25.0 Å². The van der Waals surface area contributed by atoms with Crippen LogP contribution >= 0.6 is 0 Å². The van der Waals surface area contributed by atoms with E-state index in [1.54, 1.807) is 57.0 Å². The predicted octanol–water partition coefficient (Wildman–Crippen LogP) is 4.80. The smallest absolute Gasteiger partial charge is 0.383 e. The molecule has 2 aromatic carbocycles. The molecule has 0 radical (unpaired) electrons. The fourth-order valence-corrected chi connectivity index (χ4v) is 4.76. The summed E-state index contributed by atoms with van der Waals surface area (Å²) in [5, 5.41) is 5.67. The quantitative estimate of drug-likeness (QED) is 0.443. The summed E-state index contributed by atoms with van der Waals surface area (Å²) < 4.78 is 47.7. The number of nitrogens with zero attached hydrogens (tertiary/aromatic N) is 4. The molecule has 0 bridgehead atoms. The van der Waals surface area contributed by atoms with Gasteiger partial charge < -0.3 is 15.4 Å². The second-order valence-electron chi connectivity index (χ2n) is 9.31. The molecule has 0 spiro atoms. The van der Waals surface area contributed by atoms with E-state index in [-0.39, 0.29) is 12.5 Å². The highest BCUT2D eigenvalue weighted by Crippen LogP contribution is 2.42. The Kier molecular flexibility index (Phi) is 5.06. The number of alkyl halides is 3. The Morgan fingerprint density at radius 3 is 2.66 bits per heavy atom. The number of nitrogens with two attached hydrogens (primary N) is 1. The molecule has 0 aliphatic carbocycles. The minimum absolute atomic E-state index is 0.158. The van der Waals surface area contributed by atoms with Crippen LogP contribution < -0.4 is 5.73 Å². The van der Waals surface area contributed by atoms with Gasteiger partial charge in [-0.05, 0) is 55.3 Å². The summed E-state index contributed by atoms with van der Waals surface area (Å²) in [6, 6.07) is 8.20. The first-order valence-electron chi connectivity index (χ1n) is 11.0. The fraction of sp³-hybridized carbons (Fsp3) is 0.320. The molecule has 1 aliphatic rings. The van der Waals surface area contributed by atoms with E-state index in [1.807, 2.05) is 0 Å². The summed E-state index contributed by atoms with van der Waals surface area (Å²) in [6.07, 6.45) is -2.84. The average Bonchev–Trinajstić information content (AvgIpc) is 3.20. The lowest BCUT2D eigenvalue weighted by atomic mass is 9.85. The van der Waals surface area contributed by atoms with Crippen LogP contribution in [0.2, 0.25) is 0 Å². The van der Waals surface area contributed by atoms with E-state index in [4.69, 9.17) is 10.5 Å². The van der Waals surface area contributed by atoms with E-state index >= 15 is 0 Å². The Bertz CT molecular complexity index is 1490. The average molecular weight is 483 g/mol. The van der Waals surface area contributed by atoms with Gasteiger partial charge in [-0.3, -0.25) is 9.48 Å². The molecule has 4 aromatic rings. The molecule has 35 heavy (non-hydrogen) atoms. The second-order valence-corrected chi connectivity index (χ2v) is 9.31. The number of amides is 1. The lowest BCUT2D eigenvalue weighted by Crippen LogP contribution is -2.41. The number of aromatic nitrogens is 3. The number of benzene rings is 2. The number of halogens is 3. The van der Waals surface area contributed by atoms with Gasteiger partial charge in [-0.1, -0.05) is 6.07 Å². The molecule has 0 fully saturated rings. The van der Waals surface area contributed by atoms with Crippen LogP contribution in [0.5, 0.6) is 0 Å². The van der Waals surface area contributed by atoms with E-state index in [1.165, 1.54) is 11.0 Å². The van der Waals surface area contributed by atoms with Crippen molar-refractivity contribution < 1.29 is 22.7 Å². The van der Waals surface area contributed by atoms with Crippen molar-refractivity contribution in [1.82, 2.24) is 19.7 Å². The van der Waals surface area contributed by atoms with Gasteiger partial charge >= 0.3 is 6.18 Å². The zero-order chi connectivity index (χ0) is 25.3. The van der Waals surface area contributed by atoms with Crippen molar-refractivity contribution in [3.8, 4) is 0 Å². The first-order chi connectivity index (χ1) is 16.4. The van der Waals surface area contributed by atoms with Crippen molar-refractivity contribution >= 4 is 33.5 Å². The van der Waals surface area contributed by atoms with Crippen molar-refractivity contribution in [3.05, 3.63) is 64.8 Å². The summed E-state index contributed by atoms with van der Waals surface area (Å²) >= 11 is 0. The molecule has 1 aliphatic heterocycles. The molecule has 182 valence electrons. The molecule has 2 N–H and O–H groups in total. The lowest BCUT2D eigenvalue weighted by Gasteiger charge is -2.41. The van der Waals surface area contributed by atoms with Gasteiger partial charge in [0.2, 0.25) is 0 Å². The minimum Gasteiger partial charge on any atom is -0.383 e. The van der Waals surface area contributed by atoms with Crippen LogP contribution in [-0.2, 0) is 23.6 Å². The molecule has 0 saturated heterocycles. The Labute approximate surface area is 199 Å². The van der Waals surface area contributed by atoms with Crippen molar-refractivity contribution in [1.29, 1.82) is 0 Å².